The van der Waals surface area contributed by atoms with E-state index in [9.17, 15) is 9.18 Å². The monoisotopic (exact) mass is 275 g/mol. The molecular weight excluding hydrogens is 257 g/mol. The standard InChI is InChI=1S/C16H18FNO2/c1-11-8-13(9-11)18-16(20)14-10-12(4-2-3-7-19)5-6-15(14)17/h5-6,10-11,13,19H,3,7-9H2,1H3,(H,18,20). The van der Waals surface area contributed by atoms with Crippen molar-refractivity contribution < 1.29 is 14.3 Å². The summed E-state index contributed by atoms with van der Waals surface area (Å²) in [5.41, 5.74) is 0.604. The molecule has 0 heterocycles. The van der Waals surface area contributed by atoms with E-state index in [1.165, 1.54) is 18.2 Å². The zero-order valence-electron chi connectivity index (χ0n) is 11.4. The molecule has 1 saturated carbocycles. The van der Waals surface area contributed by atoms with Crippen molar-refractivity contribution in [3.63, 3.8) is 0 Å². The van der Waals surface area contributed by atoms with Gasteiger partial charge >= 0.3 is 0 Å². The molecule has 0 aromatic heterocycles. The van der Waals surface area contributed by atoms with Gasteiger partial charge in [0.05, 0.1) is 12.2 Å². The molecule has 1 aromatic rings. The van der Waals surface area contributed by atoms with E-state index in [0.29, 0.717) is 17.9 Å². The Labute approximate surface area is 118 Å². The summed E-state index contributed by atoms with van der Waals surface area (Å²) >= 11 is 0. The molecule has 0 spiro atoms. The average molecular weight is 275 g/mol. The lowest BCUT2D eigenvalue weighted by molar-refractivity contribution is 0.0892. The molecule has 1 aliphatic carbocycles. The van der Waals surface area contributed by atoms with E-state index >= 15 is 0 Å². The molecule has 0 bridgehead atoms. The Morgan fingerprint density at radius 1 is 1.50 bits per heavy atom. The van der Waals surface area contributed by atoms with Crippen LogP contribution in [0.4, 0.5) is 4.39 Å². The minimum Gasteiger partial charge on any atom is -0.395 e. The summed E-state index contributed by atoms with van der Waals surface area (Å²) in [6.45, 7) is 2.11. The summed E-state index contributed by atoms with van der Waals surface area (Å²) in [4.78, 5) is 12.0. The van der Waals surface area contributed by atoms with Crippen molar-refractivity contribution in [2.45, 2.75) is 32.2 Å². The highest BCUT2D eigenvalue weighted by molar-refractivity contribution is 5.95. The molecule has 0 unspecified atom stereocenters. The van der Waals surface area contributed by atoms with Crippen LogP contribution in [-0.4, -0.2) is 23.7 Å². The van der Waals surface area contributed by atoms with Crippen molar-refractivity contribution in [2.75, 3.05) is 6.61 Å². The second-order valence-electron chi connectivity index (χ2n) is 5.22. The molecule has 1 aliphatic rings. The molecule has 106 valence electrons. The third-order valence-electron chi connectivity index (χ3n) is 3.39. The number of aliphatic hydroxyl groups excluding tert-OH is 1. The van der Waals surface area contributed by atoms with Gasteiger partial charge in [0.15, 0.2) is 0 Å². The summed E-state index contributed by atoms with van der Waals surface area (Å²) in [6.07, 6.45) is 2.26. The number of amides is 1. The molecule has 20 heavy (non-hydrogen) atoms. The van der Waals surface area contributed by atoms with Crippen LogP contribution in [0, 0.1) is 23.6 Å². The second kappa shape index (κ2) is 6.53. The number of carbonyl (C=O) groups is 1. The molecule has 1 aromatic carbocycles. The van der Waals surface area contributed by atoms with Gasteiger partial charge in [0, 0.05) is 18.0 Å². The first-order valence-corrected chi connectivity index (χ1v) is 6.80. The zero-order valence-corrected chi connectivity index (χ0v) is 11.4. The highest BCUT2D eigenvalue weighted by Gasteiger charge is 2.27. The predicted octanol–water partition coefficient (Wildman–Crippen LogP) is 2.09. The van der Waals surface area contributed by atoms with Crippen LogP contribution in [0.1, 0.15) is 42.1 Å². The Kier molecular flexibility index (Phi) is 4.75. The zero-order chi connectivity index (χ0) is 14.5. The van der Waals surface area contributed by atoms with E-state index in [4.69, 9.17) is 5.11 Å². The first kappa shape index (κ1) is 14.5. The van der Waals surface area contributed by atoms with E-state index in [-0.39, 0.29) is 24.1 Å². The number of nitrogens with one attached hydrogen (secondary N) is 1. The quantitative estimate of drug-likeness (QED) is 0.830. The fourth-order valence-corrected chi connectivity index (χ4v) is 2.28. The van der Waals surface area contributed by atoms with Crippen LogP contribution in [0.2, 0.25) is 0 Å². The van der Waals surface area contributed by atoms with Gasteiger partial charge in [0.2, 0.25) is 0 Å². The molecule has 2 rings (SSSR count). The van der Waals surface area contributed by atoms with Crippen molar-refractivity contribution in [1.82, 2.24) is 5.32 Å². The Bertz CT molecular complexity index is 553. The topological polar surface area (TPSA) is 49.3 Å². The van der Waals surface area contributed by atoms with Gasteiger partial charge in [0.1, 0.15) is 5.82 Å². The van der Waals surface area contributed by atoms with E-state index in [1.54, 1.807) is 0 Å². The van der Waals surface area contributed by atoms with Crippen molar-refractivity contribution in [3.05, 3.63) is 35.1 Å². The molecule has 3 nitrogen and oxygen atoms in total. The van der Waals surface area contributed by atoms with Gasteiger partial charge in [-0.05, 0) is 37.0 Å². The minimum absolute atomic E-state index is 0.0125. The number of hydrogen-bond donors (Lipinski definition) is 2. The van der Waals surface area contributed by atoms with Gasteiger partial charge in [-0.1, -0.05) is 18.8 Å². The third-order valence-corrected chi connectivity index (χ3v) is 3.39. The summed E-state index contributed by atoms with van der Waals surface area (Å²) in [5, 5.41) is 11.5. The Morgan fingerprint density at radius 3 is 2.90 bits per heavy atom. The maximum absolute atomic E-state index is 13.7. The number of rotatable bonds is 3. The fraction of sp³-hybridized carbons (Fsp3) is 0.438. The first-order valence-electron chi connectivity index (χ1n) is 6.80. The lowest BCUT2D eigenvalue weighted by Crippen LogP contribution is -2.43. The first-order chi connectivity index (χ1) is 9.60. The van der Waals surface area contributed by atoms with Gasteiger partial charge in [-0.2, -0.15) is 0 Å². The van der Waals surface area contributed by atoms with Gasteiger partial charge in [-0.3, -0.25) is 4.79 Å². The van der Waals surface area contributed by atoms with Crippen molar-refractivity contribution in [1.29, 1.82) is 0 Å². The second-order valence-corrected chi connectivity index (χ2v) is 5.22. The van der Waals surface area contributed by atoms with Gasteiger partial charge in [0.25, 0.3) is 5.91 Å². The maximum Gasteiger partial charge on any atom is 0.254 e. The largest absolute Gasteiger partial charge is 0.395 e. The Balaban J connectivity index is 2.08. The number of halogens is 1. The number of aliphatic hydroxyl groups is 1. The minimum atomic E-state index is -0.539. The van der Waals surface area contributed by atoms with Gasteiger partial charge in [-0.15, -0.1) is 0 Å². The van der Waals surface area contributed by atoms with E-state index in [0.717, 1.165) is 12.8 Å². The highest BCUT2D eigenvalue weighted by Crippen LogP contribution is 2.26. The molecule has 0 radical (unpaired) electrons. The number of benzene rings is 1. The Morgan fingerprint density at radius 2 is 2.25 bits per heavy atom. The van der Waals surface area contributed by atoms with Gasteiger partial charge in [-0.25, -0.2) is 4.39 Å². The number of carbonyl (C=O) groups excluding carboxylic acids is 1. The SMILES string of the molecule is CC1CC(NC(=O)c2cc(C#CCCO)ccc2F)C1. The van der Waals surface area contributed by atoms with Crippen LogP contribution in [0.5, 0.6) is 0 Å². The molecular formula is C16H18FNO2. The fourth-order valence-electron chi connectivity index (χ4n) is 2.28. The van der Waals surface area contributed by atoms with Crippen molar-refractivity contribution >= 4 is 5.91 Å². The number of hydrogen-bond acceptors (Lipinski definition) is 2. The summed E-state index contributed by atoms with van der Waals surface area (Å²) < 4.78 is 13.7. The molecule has 1 amide bonds. The molecule has 2 N–H and O–H groups in total. The summed E-state index contributed by atoms with van der Waals surface area (Å²) in [5.74, 6) is 5.25. The Hall–Kier alpha value is -1.86. The molecule has 0 saturated heterocycles. The van der Waals surface area contributed by atoms with Crippen molar-refractivity contribution in [3.8, 4) is 11.8 Å². The maximum atomic E-state index is 13.7. The van der Waals surface area contributed by atoms with E-state index < -0.39 is 5.82 Å². The molecule has 4 heteroatoms. The smallest absolute Gasteiger partial charge is 0.254 e. The summed E-state index contributed by atoms with van der Waals surface area (Å²) in [7, 11) is 0. The van der Waals surface area contributed by atoms with E-state index in [2.05, 4.69) is 24.1 Å². The average Bonchev–Trinajstić information content (AvgIpc) is 2.39. The van der Waals surface area contributed by atoms with E-state index in [1.807, 2.05) is 0 Å². The van der Waals surface area contributed by atoms with Crippen LogP contribution >= 0.6 is 0 Å². The normalized spacial score (nSPS) is 20.6. The lowest BCUT2D eigenvalue weighted by Gasteiger charge is -2.33. The summed E-state index contributed by atoms with van der Waals surface area (Å²) in [6, 6.07) is 4.39. The highest BCUT2D eigenvalue weighted by atomic mass is 19.1. The van der Waals surface area contributed by atoms with Crippen LogP contribution in [0.15, 0.2) is 18.2 Å². The molecule has 0 atom stereocenters. The lowest BCUT2D eigenvalue weighted by atomic mass is 9.82. The van der Waals surface area contributed by atoms with Crippen LogP contribution in [0.3, 0.4) is 0 Å². The predicted molar refractivity (Wildman–Crippen MR) is 74.6 cm³/mol. The van der Waals surface area contributed by atoms with Crippen LogP contribution in [-0.2, 0) is 0 Å². The molecule has 1 fully saturated rings. The van der Waals surface area contributed by atoms with Crippen LogP contribution in [0.25, 0.3) is 0 Å². The van der Waals surface area contributed by atoms with Crippen molar-refractivity contribution in [2.24, 2.45) is 5.92 Å². The van der Waals surface area contributed by atoms with Gasteiger partial charge < -0.3 is 10.4 Å². The molecule has 0 aliphatic heterocycles. The third kappa shape index (κ3) is 3.58. The van der Waals surface area contributed by atoms with Crippen LogP contribution < -0.4 is 5.32 Å².